The average Bonchev–Trinajstić information content (AvgIpc) is 3.27. The highest BCUT2D eigenvalue weighted by molar-refractivity contribution is 6.02. The number of nitrogens with zero attached hydrogens (tertiary/aromatic N) is 2. The summed E-state index contributed by atoms with van der Waals surface area (Å²) in [5, 5.41) is 3.68. The van der Waals surface area contributed by atoms with Crippen molar-refractivity contribution in [1.82, 2.24) is 15.1 Å². The topological polar surface area (TPSA) is 76.4 Å². The van der Waals surface area contributed by atoms with Gasteiger partial charge in [-0.05, 0) is 82.1 Å². The van der Waals surface area contributed by atoms with E-state index in [2.05, 4.69) is 15.1 Å². The number of alkyl halides is 2. The van der Waals surface area contributed by atoms with Crippen LogP contribution in [0.25, 0.3) is 22.1 Å². The molecule has 3 aromatic rings. The summed E-state index contributed by atoms with van der Waals surface area (Å²) in [4.78, 5) is 17.7. The maximum absolute atomic E-state index is 13.6. The fourth-order valence-electron chi connectivity index (χ4n) is 5.53. The molecule has 40 heavy (non-hydrogen) atoms. The van der Waals surface area contributed by atoms with Crippen LogP contribution in [0.1, 0.15) is 42.5 Å². The van der Waals surface area contributed by atoms with Gasteiger partial charge in [0, 0.05) is 42.7 Å². The van der Waals surface area contributed by atoms with E-state index >= 15 is 0 Å². The minimum atomic E-state index is -3.10. The van der Waals surface area contributed by atoms with E-state index in [-0.39, 0.29) is 29.2 Å². The van der Waals surface area contributed by atoms with Gasteiger partial charge in [-0.1, -0.05) is 0 Å². The number of carbonyl (C=O) groups excluding carboxylic acids is 1. The van der Waals surface area contributed by atoms with E-state index in [0.717, 1.165) is 50.8 Å². The summed E-state index contributed by atoms with van der Waals surface area (Å²) < 4.78 is 50.2. The maximum atomic E-state index is 13.6. The molecule has 1 amide bonds. The van der Waals surface area contributed by atoms with Crippen LogP contribution in [-0.2, 0) is 0 Å². The summed E-state index contributed by atoms with van der Waals surface area (Å²) in [5.41, 5.74) is 1.84. The Morgan fingerprint density at radius 2 is 1.90 bits per heavy atom. The van der Waals surface area contributed by atoms with Gasteiger partial charge in [-0.2, -0.15) is 8.78 Å². The Kier molecular flexibility index (Phi) is 7.80. The zero-order valence-electron chi connectivity index (χ0n) is 22.7. The molecule has 6 rings (SSSR count). The number of amides is 1. The minimum absolute atomic E-state index is 0.00741. The van der Waals surface area contributed by atoms with E-state index in [1.807, 2.05) is 25.2 Å². The van der Waals surface area contributed by atoms with Gasteiger partial charge in [-0.25, -0.2) is 0 Å². The van der Waals surface area contributed by atoms with Crippen molar-refractivity contribution in [2.24, 2.45) is 0 Å². The Bertz CT molecular complexity index is 1350. The molecule has 2 saturated heterocycles. The number of nitrogens with one attached hydrogen (secondary N) is 1. The minimum Gasteiger partial charge on any atom is -0.492 e. The Morgan fingerprint density at radius 3 is 2.62 bits per heavy atom. The summed E-state index contributed by atoms with van der Waals surface area (Å²) in [6.45, 7) is 2.13. The summed E-state index contributed by atoms with van der Waals surface area (Å²) in [6, 6.07) is 8.85. The van der Waals surface area contributed by atoms with Crippen LogP contribution in [0, 0.1) is 0 Å². The number of carbonyl (C=O) groups is 1. The van der Waals surface area contributed by atoms with Gasteiger partial charge < -0.3 is 28.8 Å². The van der Waals surface area contributed by atoms with E-state index in [0.29, 0.717) is 35.6 Å². The molecule has 1 aliphatic carbocycles. The third-order valence-electron chi connectivity index (χ3n) is 7.80. The Hall–Kier alpha value is -3.37. The molecule has 3 fully saturated rings. The van der Waals surface area contributed by atoms with Crippen LogP contribution in [0.5, 0.6) is 17.2 Å². The number of benzene rings is 2. The second kappa shape index (κ2) is 11.6. The monoisotopic (exact) mass is 555 g/mol. The molecular weight excluding hydrogens is 520 g/mol. The quantitative estimate of drug-likeness (QED) is 0.351. The predicted molar refractivity (Wildman–Crippen MR) is 146 cm³/mol. The summed E-state index contributed by atoms with van der Waals surface area (Å²) in [6.07, 6.45) is 6.38. The first-order valence-corrected chi connectivity index (χ1v) is 14.1. The third-order valence-corrected chi connectivity index (χ3v) is 7.80. The highest BCUT2D eigenvalue weighted by Crippen LogP contribution is 2.41. The van der Waals surface area contributed by atoms with Crippen molar-refractivity contribution in [3.05, 3.63) is 42.2 Å². The van der Waals surface area contributed by atoms with Crippen LogP contribution in [0.15, 0.2) is 41.0 Å². The van der Waals surface area contributed by atoms with E-state index < -0.39 is 12.5 Å². The summed E-state index contributed by atoms with van der Waals surface area (Å²) >= 11 is 0. The largest absolute Gasteiger partial charge is 0.492 e. The van der Waals surface area contributed by atoms with Crippen molar-refractivity contribution in [3.8, 4) is 28.4 Å². The molecule has 2 aliphatic heterocycles. The van der Waals surface area contributed by atoms with Crippen molar-refractivity contribution in [2.75, 3.05) is 46.4 Å². The van der Waals surface area contributed by atoms with E-state index in [1.54, 1.807) is 12.3 Å². The first-order chi connectivity index (χ1) is 19.4. The van der Waals surface area contributed by atoms with Gasteiger partial charge in [-0.3, -0.25) is 9.69 Å². The fourth-order valence-corrected chi connectivity index (χ4v) is 5.53. The number of ether oxygens (including phenoxy) is 3. The lowest BCUT2D eigenvalue weighted by Crippen LogP contribution is -2.28. The standard InChI is InChI=1S/C30H35F2N3O5/c1-34-11-8-22(17-34)39-26-14-19(15-27(40-30(31)32)28(26)29(36)33-20-4-5-20)24-18-38-25-16-21(6-7-23(24)25)37-13-12-35-9-2-3-10-35/h6-7,14-16,18,20,22,30H,2-5,8-13,17H2,1H3,(H,33,36)/t22-/m0/s1. The van der Waals surface area contributed by atoms with Crippen LogP contribution >= 0.6 is 0 Å². The van der Waals surface area contributed by atoms with Gasteiger partial charge in [0.05, 0.1) is 6.26 Å². The van der Waals surface area contributed by atoms with Crippen LogP contribution in [-0.4, -0.2) is 80.8 Å². The molecule has 214 valence electrons. The molecule has 0 spiro atoms. The number of halogens is 2. The molecule has 3 heterocycles. The van der Waals surface area contributed by atoms with Gasteiger partial charge in [0.2, 0.25) is 0 Å². The highest BCUT2D eigenvalue weighted by Gasteiger charge is 2.31. The Balaban J connectivity index is 1.31. The number of rotatable bonds is 11. The van der Waals surface area contributed by atoms with Crippen LogP contribution in [0.2, 0.25) is 0 Å². The predicted octanol–water partition coefficient (Wildman–Crippen LogP) is 5.15. The van der Waals surface area contributed by atoms with E-state index in [9.17, 15) is 13.6 Å². The molecule has 1 aromatic heterocycles. The lowest BCUT2D eigenvalue weighted by Gasteiger charge is -2.20. The normalized spacial score (nSPS) is 19.9. The van der Waals surface area contributed by atoms with Gasteiger partial charge >= 0.3 is 6.61 Å². The molecule has 3 aliphatic rings. The molecular formula is C30H35F2N3O5. The molecule has 10 heteroatoms. The molecule has 8 nitrogen and oxygen atoms in total. The number of fused-ring (bicyclic) bond motifs is 1. The highest BCUT2D eigenvalue weighted by atomic mass is 19.3. The molecule has 0 radical (unpaired) electrons. The first-order valence-electron chi connectivity index (χ1n) is 14.1. The number of hydrogen-bond acceptors (Lipinski definition) is 7. The van der Waals surface area contributed by atoms with Crippen LogP contribution in [0.4, 0.5) is 8.78 Å². The van der Waals surface area contributed by atoms with E-state index in [4.69, 9.17) is 18.6 Å². The average molecular weight is 556 g/mol. The summed E-state index contributed by atoms with van der Waals surface area (Å²) in [7, 11) is 1.99. The van der Waals surface area contributed by atoms with Crippen molar-refractivity contribution in [2.45, 2.75) is 50.9 Å². The molecule has 0 unspecified atom stereocenters. The SMILES string of the molecule is CN1CC[C@H](Oc2cc(-c3coc4cc(OCCN5CCCC5)ccc34)cc(OC(F)F)c2C(=O)NC2CC2)C1. The smallest absolute Gasteiger partial charge is 0.387 e. The van der Waals surface area contributed by atoms with Gasteiger partial charge in [0.15, 0.2) is 0 Å². The molecule has 1 atom stereocenters. The Labute approximate surface area is 232 Å². The molecule has 0 bridgehead atoms. The first kappa shape index (κ1) is 26.8. The van der Waals surface area contributed by atoms with Crippen molar-refractivity contribution < 1.29 is 32.2 Å². The molecule has 2 aromatic carbocycles. The van der Waals surface area contributed by atoms with Crippen molar-refractivity contribution >= 4 is 16.9 Å². The Morgan fingerprint density at radius 1 is 1.10 bits per heavy atom. The lowest BCUT2D eigenvalue weighted by atomic mass is 10.0. The number of furan rings is 1. The van der Waals surface area contributed by atoms with Gasteiger partial charge in [-0.15, -0.1) is 0 Å². The van der Waals surface area contributed by atoms with Crippen LogP contribution < -0.4 is 19.5 Å². The number of likely N-dealkylation sites (N-methyl/N-ethyl adjacent to an activating group) is 1. The van der Waals surface area contributed by atoms with Gasteiger partial charge in [0.25, 0.3) is 5.91 Å². The van der Waals surface area contributed by atoms with Crippen LogP contribution in [0.3, 0.4) is 0 Å². The third kappa shape index (κ3) is 6.18. The fraction of sp³-hybridized carbons (Fsp3) is 0.500. The molecule has 1 N–H and O–H groups in total. The number of likely N-dealkylation sites (tertiary alicyclic amines) is 2. The zero-order chi connectivity index (χ0) is 27.6. The summed E-state index contributed by atoms with van der Waals surface area (Å²) in [5.74, 6) is 0.237. The molecule has 1 saturated carbocycles. The second-order valence-electron chi connectivity index (χ2n) is 11.0. The van der Waals surface area contributed by atoms with Gasteiger partial charge in [0.1, 0.15) is 41.1 Å². The maximum Gasteiger partial charge on any atom is 0.387 e. The lowest BCUT2D eigenvalue weighted by molar-refractivity contribution is -0.0502. The number of hydrogen-bond donors (Lipinski definition) is 1. The zero-order valence-corrected chi connectivity index (χ0v) is 22.7. The van der Waals surface area contributed by atoms with Crippen molar-refractivity contribution in [1.29, 1.82) is 0 Å². The second-order valence-corrected chi connectivity index (χ2v) is 11.0. The van der Waals surface area contributed by atoms with Crippen molar-refractivity contribution in [3.63, 3.8) is 0 Å². The van der Waals surface area contributed by atoms with E-state index in [1.165, 1.54) is 18.9 Å².